The van der Waals surface area contributed by atoms with E-state index in [-0.39, 0.29) is 6.03 Å². The van der Waals surface area contributed by atoms with Crippen LogP contribution >= 0.6 is 11.3 Å². The van der Waals surface area contributed by atoms with Gasteiger partial charge in [-0.15, -0.1) is 11.3 Å². The van der Waals surface area contributed by atoms with Crippen molar-refractivity contribution in [3.63, 3.8) is 0 Å². The number of aromatic nitrogens is 2. The van der Waals surface area contributed by atoms with E-state index < -0.39 is 0 Å². The summed E-state index contributed by atoms with van der Waals surface area (Å²) in [4.78, 5) is 19.5. The third-order valence-electron chi connectivity index (χ3n) is 1.78. The van der Waals surface area contributed by atoms with Gasteiger partial charge in [-0.2, -0.15) is 0 Å². The summed E-state index contributed by atoms with van der Waals surface area (Å²) in [7, 11) is 0. The number of hydrogen-bond donors (Lipinski definition) is 2. The molecule has 16 heavy (non-hydrogen) atoms. The van der Waals surface area contributed by atoms with Crippen molar-refractivity contribution in [2.45, 2.75) is 6.92 Å². The van der Waals surface area contributed by atoms with Gasteiger partial charge >= 0.3 is 6.03 Å². The maximum absolute atomic E-state index is 11.5. The molecule has 0 aliphatic heterocycles. The normalized spacial score (nSPS) is 9.81. The monoisotopic (exact) mass is 234 g/mol. The Kier molecular flexibility index (Phi) is 3.11. The highest BCUT2D eigenvalue weighted by Crippen LogP contribution is 2.14. The molecule has 2 heterocycles. The number of carbonyl (C=O) groups excluding carboxylic acids is 1. The lowest BCUT2D eigenvalue weighted by atomic mass is 10.4. The lowest BCUT2D eigenvalue weighted by Gasteiger charge is -2.04. The molecule has 0 spiro atoms. The van der Waals surface area contributed by atoms with Gasteiger partial charge in [-0.3, -0.25) is 10.3 Å². The molecular formula is C10H10N4OS. The molecule has 0 saturated carbocycles. The first-order valence-electron chi connectivity index (χ1n) is 4.64. The first kappa shape index (κ1) is 10.6. The molecule has 0 atom stereocenters. The Morgan fingerprint density at radius 3 is 2.69 bits per heavy atom. The summed E-state index contributed by atoms with van der Waals surface area (Å²) in [5.74, 6) is 0. The van der Waals surface area contributed by atoms with Crippen molar-refractivity contribution in [2.75, 3.05) is 10.6 Å². The van der Waals surface area contributed by atoms with Crippen molar-refractivity contribution in [3.8, 4) is 0 Å². The van der Waals surface area contributed by atoms with Gasteiger partial charge in [0.25, 0.3) is 0 Å². The van der Waals surface area contributed by atoms with Gasteiger partial charge in [0.1, 0.15) is 0 Å². The quantitative estimate of drug-likeness (QED) is 0.838. The molecule has 5 nitrogen and oxygen atoms in total. The summed E-state index contributed by atoms with van der Waals surface area (Å²) in [6.07, 6.45) is 3.23. The fourth-order valence-corrected chi connectivity index (χ4v) is 1.79. The first-order chi connectivity index (χ1) is 7.74. The summed E-state index contributed by atoms with van der Waals surface area (Å²) < 4.78 is 0. The second-order valence-corrected chi connectivity index (χ2v) is 3.97. The van der Waals surface area contributed by atoms with Gasteiger partial charge in [0, 0.05) is 23.5 Å². The van der Waals surface area contributed by atoms with Gasteiger partial charge in [0.15, 0.2) is 5.13 Å². The fraction of sp³-hybridized carbons (Fsp3) is 0.100. The highest BCUT2D eigenvalue weighted by atomic mass is 32.1. The van der Waals surface area contributed by atoms with Crippen LogP contribution in [0, 0.1) is 6.92 Å². The largest absolute Gasteiger partial charge is 0.325 e. The van der Waals surface area contributed by atoms with Gasteiger partial charge < -0.3 is 5.32 Å². The van der Waals surface area contributed by atoms with Crippen LogP contribution < -0.4 is 10.6 Å². The Hall–Kier alpha value is -1.95. The van der Waals surface area contributed by atoms with E-state index in [9.17, 15) is 4.79 Å². The minimum atomic E-state index is -0.305. The molecule has 2 aromatic rings. The molecule has 2 rings (SSSR count). The molecule has 2 aromatic heterocycles. The molecule has 0 aromatic carbocycles. The van der Waals surface area contributed by atoms with Crippen molar-refractivity contribution < 1.29 is 4.79 Å². The van der Waals surface area contributed by atoms with Crippen molar-refractivity contribution in [1.82, 2.24) is 9.97 Å². The van der Waals surface area contributed by atoms with Crippen molar-refractivity contribution in [1.29, 1.82) is 0 Å². The van der Waals surface area contributed by atoms with E-state index in [1.807, 2.05) is 12.3 Å². The standard InChI is InChI=1S/C10H10N4OS/c1-7-6-16-10(12-7)14-9(15)13-8-2-4-11-5-3-8/h2-6H,1H3,(H2,11,12,13,14,15). The van der Waals surface area contributed by atoms with Crippen LogP contribution in [0.4, 0.5) is 15.6 Å². The van der Waals surface area contributed by atoms with E-state index in [0.29, 0.717) is 10.8 Å². The van der Waals surface area contributed by atoms with Gasteiger partial charge in [-0.25, -0.2) is 9.78 Å². The van der Waals surface area contributed by atoms with Crippen LogP contribution in [0.2, 0.25) is 0 Å². The lowest BCUT2D eigenvalue weighted by molar-refractivity contribution is 0.262. The molecule has 0 saturated heterocycles. The van der Waals surface area contributed by atoms with E-state index in [1.165, 1.54) is 11.3 Å². The third kappa shape index (κ3) is 2.77. The summed E-state index contributed by atoms with van der Waals surface area (Å²) >= 11 is 1.39. The second-order valence-electron chi connectivity index (χ2n) is 3.11. The number of rotatable bonds is 2. The maximum Gasteiger partial charge on any atom is 0.325 e. The Labute approximate surface area is 96.6 Å². The number of carbonyl (C=O) groups is 1. The zero-order valence-corrected chi connectivity index (χ0v) is 9.41. The number of nitrogens with one attached hydrogen (secondary N) is 2. The van der Waals surface area contributed by atoms with Gasteiger partial charge in [-0.1, -0.05) is 0 Å². The summed E-state index contributed by atoms with van der Waals surface area (Å²) in [5.41, 5.74) is 1.59. The number of pyridine rings is 1. The highest BCUT2D eigenvalue weighted by Gasteiger charge is 2.04. The minimum absolute atomic E-state index is 0.305. The fourth-order valence-electron chi connectivity index (χ4n) is 1.11. The van der Waals surface area contributed by atoms with E-state index in [1.54, 1.807) is 24.5 Å². The molecule has 0 bridgehead atoms. The Bertz CT molecular complexity index is 483. The van der Waals surface area contributed by atoms with Crippen LogP contribution in [0.1, 0.15) is 5.69 Å². The number of anilines is 2. The highest BCUT2D eigenvalue weighted by molar-refractivity contribution is 7.13. The molecule has 82 valence electrons. The zero-order valence-electron chi connectivity index (χ0n) is 8.60. The van der Waals surface area contributed by atoms with Crippen molar-refractivity contribution in [2.24, 2.45) is 0 Å². The molecule has 0 aliphatic rings. The number of nitrogens with zero attached hydrogens (tertiary/aromatic N) is 2. The van der Waals surface area contributed by atoms with E-state index >= 15 is 0 Å². The van der Waals surface area contributed by atoms with Crippen LogP contribution in [-0.4, -0.2) is 16.0 Å². The van der Waals surface area contributed by atoms with Gasteiger partial charge in [0.05, 0.1) is 5.69 Å². The van der Waals surface area contributed by atoms with Gasteiger partial charge in [-0.05, 0) is 19.1 Å². The predicted molar refractivity (Wildman–Crippen MR) is 63.7 cm³/mol. The number of hydrogen-bond acceptors (Lipinski definition) is 4. The number of amides is 2. The Balaban J connectivity index is 1.95. The average Bonchev–Trinajstić information content (AvgIpc) is 2.65. The molecule has 0 radical (unpaired) electrons. The molecule has 6 heteroatoms. The smallest absolute Gasteiger partial charge is 0.308 e. The summed E-state index contributed by atoms with van der Waals surface area (Å²) in [5, 5.41) is 7.79. The zero-order chi connectivity index (χ0) is 11.4. The van der Waals surface area contributed by atoms with Crippen molar-refractivity contribution >= 4 is 28.2 Å². The van der Waals surface area contributed by atoms with Crippen molar-refractivity contribution in [3.05, 3.63) is 35.6 Å². The summed E-state index contributed by atoms with van der Waals surface area (Å²) in [6.45, 7) is 1.88. The van der Waals surface area contributed by atoms with Crippen LogP contribution in [0.3, 0.4) is 0 Å². The molecule has 2 N–H and O–H groups in total. The molecule has 2 amide bonds. The van der Waals surface area contributed by atoms with E-state index in [2.05, 4.69) is 20.6 Å². The topological polar surface area (TPSA) is 66.9 Å². The van der Waals surface area contributed by atoms with E-state index in [4.69, 9.17) is 0 Å². The SMILES string of the molecule is Cc1csc(NC(=O)Nc2ccncc2)n1. The first-order valence-corrected chi connectivity index (χ1v) is 5.52. The Morgan fingerprint density at radius 2 is 2.06 bits per heavy atom. The van der Waals surface area contributed by atoms with Crippen LogP contribution in [0.15, 0.2) is 29.9 Å². The molecular weight excluding hydrogens is 224 g/mol. The average molecular weight is 234 g/mol. The second kappa shape index (κ2) is 4.71. The molecule has 0 aliphatic carbocycles. The molecule has 0 unspecified atom stereocenters. The lowest BCUT2D eigenvalue weighted by Crippen LogP contribution is -2.19. The number of urea groups is 1. The molecule has 0 fully saturated rings. The minimum Gasteiger partial charge on any atom is -0.308 e. The van der Waals surface area contributed by atoms with Crippen LogP contribution in [0.25, 0.3) is 0 Å². The van der Waals surface area contributed by atoms with E-state index in [0.717, 1.165) is 5.69 Å². The van der Waals surface area contributed by atoms with Crippen LogP contribution in [0.5, 0.6) is 0 Å². The Morgan fingerprint density at radius 1 is 1.31 bits per heavy atom. The van der Waals surface area contributed by atoms with Crippen LogP contribution in [-0.2, 0) is 0 Å². The number of thiazole rings is 1. The number of aryl methyl sites for hydroxylation is 1. The predicted octanol–water partition coefficient (Wildman–Crippen LogP) is 2.49. The third-order valence-corrected chi connectivity index (χ3v) is 2.65. The summed E-state index contributed by atoms with van der Waals surface area (Å²) in [6, 6.07) is 3.12. The van der Waals surface area contributed by atoms with Gasteiger partial charge in [0.2, 0.25) is 0 Å². The maximum atomic E-state index is 11.5.